The number of hydrogen-bond donors (Lipinski definition) is 0. The van der Waals surface area contributed by atoms with E-state index < -0.39 is 0 Å². The van der Waals surface area contributed by atoms with Gasteiger partial charge in [-0.2, -0.15) is 0 Å². The van der Waals surface area contributed by atoms with Gasteiger partial charge in [0, 0.05) is 24.1 Å². The van der Waals surface area contributed by atoms with Crippen LogP contribution in [0.3, 0.4) is 0 Å². The van der Waals surface area contributed by atoms with E-state index in [9.17, 15) is 10.1 Å². The Balaban J connectivity index is 2.29. The van der Waals surface area contributed by atoms with Gasteiger partial charge >= 0.3 is 0 Å². The molecule has 4 nitrogen and oxygen atoms in total. The van der Waals surface area contributed by atoms with Gasteiger partial charge in [-0.1, -0.05) is 45.8 Å². The van der Waals surface area contributed by atoms with Gasteiger partial charge in [0.25, 0.3) is 5.69 Å². The molecule has 0 aliphatic carbocycles. The maximum absolute atomic E-state index is 11.1. The second kappa shape index (κ2) is 6.05. The van der Waals surface area contributed by atoms with Gasteiger partial charge in [-0.15, -0.1) is 0 Å². The number of nitro groups is 1. The number of halogens is 1. The van der Waals surface area contributed by atoms with Crippen LogP contribution < -0.4 is 4.90 Å². The van der Waals surface area contributed by atoms with Crippen molar-refractivity contribution in [3.63, 3.8) is 0 Å². The summed E-state index contributed by atoms with van der Waals surface area (Å²) in [6.45, 7) is 2.66. The number of anilines is 1. The minimum atomic E-state index is -0.354. The second-order valence-corrected chi connectivity index (χ2v) is 5.65. The fraction of sp³-hybridized carbons (Fsp3) is 0.200. The predicted molar refractivity (Wildman–Crippen MR) is 84.1 cm³/mol. The van der Waals surface area contributed by atoms with E-state index in [0.717, 1.165) is 5.56 Å². The molecule has 5 heteroatoms. The van der Waals surface area contributed by atoms with Crippen molar-refractivity contribution in [1.29, 1.82) is 0 Å². The van der Waals surface area contributed by atoms with Crippen LogP contribution >= 0.6 is 15.9 Å². The fourth-order valence-electron chi connectivity index (χ4n) is 2.14. The number of aryl methyl sites for hydroxylation is 1. The number of nitro benzene ring substituents is 1. The Morgan fingerprint density at radius 3 is 2.65 bits per heavy atom. The van der Waals surface area contributed by atoms with Crippen molar-refractivity contribution in [2.24, 2.45) is 0 Å². The average Bonchev–Trinajstić information content (AvgIpc) is 2.38. The molecule has 0 N–H and O–H groups in total. The van der Waals surface area contributed by atoms with Gasteiger partial charge < -0.3 is 4.90 Å². The van der Waals surface area contributed by atoms with E-state index >= 15 is 0 Å². The lowest BCUT2D eigenvalue weighted by atomic mass is 10.1. The van der Waals surface area contributed by atoms with Gasteiger partial charge in [-0.3, -0.25) is 10.1 Å². The molecular weight excluding hydrogens is 320 g/mol. The third-order valence-electron chi connectivity index (χ3n) is 3.05. The summed E-state index contributed by atoms with van der Waals surface area (Å²) in [5, 5.41) is 11.1. The molecule has 20 heavy (non-hydrogen) atoms. The lowest BCUT2D eigenvalue weighted by molar-refractivity contribution is -0.384. The van der Waals surface area contributed by atoms with Crippen LogP contribution in [0.2, 0.25) is 0 Å². The van der Waals surface area contributed by atoms with Gasteiger partial charge in [0.15, 0.2) is 0 Å². The second-order valence-electron chi connectivity index (χ2n) is 4.74. The first-order chi connectivity index (χ1) is 9.47. The van der Waals surface area contributed by atoms with E-state index in [0.29, 0.717) is 16.7 Å². The molecule has 0 heterocycles. The number of rotatable bonds is 4. The molecule has 0 saturated heterocycles. The summed E-state index contributed by atoms with van der Waals surface area (Å²) < 4.78 is 0.705. The topological polar surface area (TPSA) is 46.4 Å². The minimum absolute atomic E-state index is 0.106. The van der Waals surface area contributed by atoms with Crippen LogP contribution in [0.5, 0.6) is 0 Å². The Labute approximate surface area is 126 Å². The Morgan fingerprint density at radius 2 is 2.00 bits per heavy atom. The summed E-state index contributed by atoms with van der Waals surface area (Å²) in [4.78, 5) is 12.7. The Hall–Kier alpha value is -1.88. The van der Waals surface area contributed by atoms with E-state index in [4.69, 9.17) is 0 Å². The molecule has 0 aliphatic heterocycles. The molecule has 2 aromatic rings. The molecule has 0 atom stereocenters. The Kier molecular flexibility index (Phi) is 4.39. The first-order valence-corrected chi connectivity index (χ1v) is 6.97. The maximum atomic E-state index is 11.1. The van der Waals surface area contributed by atoms with Crippen molar-refractivity contribution in [2.75, 3.05) is 11.9 Å². The van der Waals surface area contributed by atoms with Crippen LogP contribution in [-0.4, -0.2) is 12.0 Å². The summed E-state index contributed by atoms with van der Waals surface area (Å²) in [7, 11) is 1.86. The number of hydrogen-bond acceptors (Lipinski definition) is 3. The highest BCUT2D eigenvalue weighted by Gasteiger charge is 2.17. The lowest BCUT2D eigenvalue weighted by Gasteiger charge is -2.19. The largest absolute Gasteiger partial charge is 0.365 e. The molecule has 0 bridgehead atoms. The highest BCUT2D eigenvalue weighted by molar-refractivity contribution is 9.10. The van der Waals surface area contributed by atoms with Crippen LogP contribution in [0.4, 0.5) is 11.4 Å². The molecule has 0 aromatic heterocycles. The summed E-state index contributed by atoms with van der Waals surface area (Å²) in [6.07, 6.45) is 0. The highest BCUT2D eigenvalue weighted by Crippen LogP contribution is 2.31. The normalized spacial score (nSPS) is 10.3. The Bertz CT molecular complexity index is 644. The van der Waals surface area contributed by atoms with Crippen LogP contribution in [-0.2, 0) is 6.54 Å². The molecule has 2 rings (SSSR count). The summed E-state index contributed by atoms with van der Waals surface area (Å²) in [6, 6.07) is 13.2. The van der Waals surface area contributed by atoms with Crippen molar-refractivity contribution in [3.8, 4) is 0 Å². The Morgan fingerprint density at radius 1 is 1.25 bits per heavy atom. The van der Waals surface area contributed by atoms with E-state index in [1.165, 1.54) is 11.6 Å². The summed E-state index contributed by atoms with van der Waals surface area (Å²) in [5.74, 6) is 0. The van der Waals surface area contributed by atoms with Gasteiger partial charge in [-0.05, 0) is 24.6 Å². The molecule has 104 valence electrons. The molecular formula is C15H15BrN2O2. The average molecular weight is 335 g/mol. The number of benzene rings is 2. The zero-order chi connectivity index (χ0) is 14.7. The third kappa shape index (κ3) is 3.36. The van der Waals surface area contributed by atoms with Crippen LogP contribution in [0.25, 0.3) is 0 Å². The third-order valence-corrected chi connectivity index (χ3v) is 3.54. The van der Waals surface area contributed by atoms with E-state index in [-0.39, 0.29) is 10.6 Å². The monoisotopic (exact) mass is 334 g/mol. The minimum Gasteiger partial charge on any atom is -0.365 e. The maximum Gasteiger partial charge on any atom is 0.293 e. The van der Waals surface area contributed by atoms with Crippen molar-refractivity contribution in [3.05, 3.63) is 68.2 Å². The molecule has 2 aromatic carbocycles. The number of nitrogens with zero attached hydrogens (tertiary/aromatic N) is 2. The quantitative estimate of drug-likeness (QED) is 0.618. The molecule has 0 saturated carbocycles. The molecule has 0 unspecified atom stereocenters. The zero-order valence-electron chi connectivity index (χ0n) is 11.3. The van der Waals surface area contributed by atoms with Gasteiger partial charge in [-0.25, -0.2) is 0 Å². The van der Waals surface area contributed by atoms with Gasteiger partial charge in [0.05, 0.1) is 4.92 Å². The van der Waals surface area contributed by atoms with E-state index in [1.54, 1.807) is 6.07 Å². The molecule has 0 fully saturated rings. The van der Waals surface area contributed by atoms with Crippen molar-refractivity contribution >= 4 is 27.3 Å². The molecule has 0 amide bonds. The summed E-state index contributed by atoms with van der Waals surface area (Å²) >= 11 is 3.27. The van der Waals surface area contributed by atoms with E-state index in [1.807, 2.05) is 43.1 Å². The van der Waals surface area contributed by atoms with Crippen molar-refractivity contribution in [2.45, 2.75) is 13.5 Å². The van der Waals surface area contributed by atoms with Crippen LogP contribution in [0.15, 0.2) is 46.9 Å². The first-order valence-electron chi connectivity index (χ1n) is 6.18. The fourth-order valence-corrected chi connectivity index (χ4v) is 2.48. The highest BCUT2D eigenvalue weighted by atomic mass is 79.9. The van der Waals surface area contributed by atoms with Crippen molar-refractivity contribution < 1.29 is 4.92 Å². The molecule has 0 spiro atoms. The first kappa shape index (κ1) is 14.5. The van der Waals surface area contributed by atoms with Crippen LogP contribution in [0, 0.1) is 17.0 Å². The SMILES string of the molecule is Cc1cccc(CN(C)c2ccc(Br)cc2[N+](=O)[O-])c1. The predicted octanol–water partition coefficient (Wildman–Crippen LogP) is 4.30. The smallest absolute Gasteiger partial charge is 0.293 e. The van der Waals surface area contributed by atoms with Gasteiger partial charge in [0.1, 0.15) is 5.69 Å². The van der Waals surface area contributed by atoms with E-state index in [2.05, 4.69) is 22.0 Å². The van der Waals surface area contributed by atoms with Crippen LogP contribution in [0.1, 0.15) is 11.1 Å². The molecule has 0 aliphatic rings. The van der Waals surface area contributed by atoms with Gasteiger partial charge in [0.2, 0.25) is 0 Å². The lowest BCUT2D eigenvalue weighted by Crippen LogP contribution is -2.17. The zero-order valence-corrected chi connectivity index (χ0v) is 12.9. The molecule has 0 radical (unpaired) electrons. The van der Waals surface area contributed by atoms with Crippen molar-refractivity contribution in [1.82, 2.24) is 0 Å². The summed E-state index contributed by atoms with van der Waals surface area (Å²) in [5.41, 5.74) is 3.03. The standard InChI is InChI=1S/C15H15BrN2O2/c1-11-4-3-5-12(8-11)10-17(2)14-7-6-13(16)9-15(14)18(19)20/h3-9H,10H2,1-2H3.